The van der Waals surface area contributed by atoms with Crippen LogP contribution in [-0.2, 0) is 9.59 Å². The molecule has 0 radical (unpaired) electrons. The molecule has 0 fully saturated rings. The van der Waals surface area contributed by atoms with Crippen molar-refractivity contribution in [1.82, 2.24) is 0 Å². The van der Waals surface area contributed by atoms with E-state index in [-0.39, 0.29) is 17.1 Å². The van der Waals surface area contributed by atoms with Gasteiger partial charge in [-0.25, -0.2) is 0 Å². The first-order valence-electron chi connectivity index (χ1n) is 5.42. The van der Waals surface area contributed by atoms with E-state index in [1.165, 1.54) is 19.2 Å². The lowest BCUT2D eigenvalue weighted by atomic mass is 10.2. The van der Waals surface area contributed by atoms with Gasteiger partial charge in [-0.3, -0.25) is 19.7 Å². The van der Waals surface area contributed by atoms with Crippen LogP contribution >= 0.6 is 31.9 Å². The summed E-state index contributed by atoms with van der Waals surface area (Å²) in [5, 5.41) is 21.9. The van der Waals surface area contributed by atoms with Crippen molar-refractivity contribution in [1.29, 1.82) is 0 Å². The molecule has 1 aromatic carbocycles. The summed E-state index contributed by atoms with van der Waals surface area (Å²) in [7, 11) is 1.30. The largest absolute Gasteiger partial charge is 0.494 e. The van der Waals surface area contributed by atoms with E-state index in [4.69, 9.17) is 9.84 Å². The fourth-order valence-corrected chi connectivity index (χ4v) is 1.94. The van der Waals surface area contributed by atoms with E-state index in [2.05, 4.69) is 37.2 Å². The number of carbonyl (C=O) groups is 2. The zero-order valence-electron chi connectivity index (χ0n) is 10.6. The Bertz CT molecular complexity index is 580. The molecule has 0 aliphatic carbocycles. The molecule has 2 N–H and O–H groups in total. The minimum atomic E-state index is -1.21. The number of nitrogens with one attached hydrogen (secondary N) is 1. The van der Waals surface area contributed by atoms with Gasteiger partial charge in [0.1, 0.15) is 15.4 Å². The Labute approximate surface area is 135 Å². The topological polar surface area (TPSA) is 119 Å². The van der Waals surface area contributed by atoms with E-state index in [0.717, 1.165) is 6.07 Å². The fourth-order valence-electron chi connectivity index (χ4n) is 1.36. The van der Waals surface area contributed by atoms with Gasteiger partial charge in [0.2, 0.25) is 5.91 Å². The number of benzene rings is 1. The summed E-state index contributed by atoms with van der Waals surface area (Å²) in [5.74, 6) is -1.74. The maximum absolute atomic E-state index is 11.9. The molecule has 1 rings (SSSR count). The number of nitro groups is 1. The molecular weight excluding hydrogens is 416 g/mol. The van der Waals surface area contributed by atoms with Crippen molar-refractivity contribution in [3.8, 4) is 5.75 Å². The van der Waals surface area contributed by atoms with E-state index in [1.54, 1.807) is 0 Å². The SMILES string of the molecule is COc1cc([N+](=O)[O-])ccc1NC(=O)[C@@H](Br)[C@@H](Br)C(=O)O. The molecule has 114 valence electrons. The second-order valence-electron chi connectivity index (χ2n) is 3.77. The summed E-state index contributed by atoms with van der Waals surface area (Å²) in [4.78, 5) is 30.6. The number of halogens is 2. The van der Waals surface area contributed by atoms with Gasteiger partial charge in [-0.05, 0) is 6.07 Å². The number of carboxylic acid groups (broad SMARTS) is 1. The molecule has 0 unspecified atom stereocenters. The minimum Gasteiger partial charge on any atom is -0.494 e. The Hall–Kier alpha value is -1.68. The highest BCUT2D eigenvalue weighted by Crippen LogP contribution is 2.29. The number of hydrogen-bond donors (Lipinski definition) is 2. The number of nitrogens with zero attached hydrogens (tertiary/aromatic N) is 1. The Morgan fingerprint density at radius 1 is 1.38 bits per heavy atom. The lowest BCUT2D eigenvalue weighted by molar-refractivity contribution is -0.384. The minimum absolute atomic E-state index is 0.0960. The Kier molecular flexibility index (Phi) is 6.09. The van der Waals surface area contributed by atoms with Crippen molar-refractivity contribution in [3.05, 3.63) is 28.3 Å². The third-order valence-electron chi connectivity index (χ3n) is 2.40. The van der Waals surface area contributed by atoms with Crippen LogP contribution in [0.1, 0.15) is 0 Å². The molecule has 0 aliphatic rings. The molecule has 0 heterocycles. The third kappa shape index (κ3) is 4.39. The zero-order chi connectivity index (χ0) is 16.2. The van der Waals surface area contributed by atoms with Crippen molar-refractivity contribution in [2.75, 3.05) is 12.4 Å². The first kappa shape index (κ1) is 17.4. The Morgan fingerprint density at radius 2 is 2.00 bits per heavy atom. The summed E-state index contributed by atoms with van der Waals surface area (Å²) in [6.45, 7) is 0. The summed E-state index contributed by atoms with van der Waals surface area (Å²) < 4.78 is 4.96. The molecule has 1 amide bonds. The van der Waals surface area contributed by atoms with Crippen molar-refractivity contribution in [2.24, 2.45) is 0 Å². The maximum Gasteiger partial charge on any atom is 0.318 e. The predicted octanol–water partition coefficient (Wildman–Crippen LogP) is 2.15. The monoisotopic (exact) mass is 424 g/mol. The van der Waals surface area contributed by atoms with E-state index in [9.17, 15) is 19.7 Å². The van der Waals surface area contributed by atoms with E-state index >= 15 is 0 Å². The summed E-state index contributed by atoms with van der Waals surface area (Å²) in [6.07, 6.45) is 0. The van der Waals surface area contributed by atoms with Crippen molar-refractivity contribution in [2.45, 2.75) is 9.65 Å². The lowest BCUT2D eigenvalue weighted by Crippen LogP contribution is -2.34. The molecule has 0 spiro atoms. The highest BCUT2D eigenvalue weighted by molar-refractivity contribution is 9.12. The Morgan fingerprint density at radius 3 is 2.48 bits per heavy atom. The van der Waals surface area contributed by atoms with Crippen molar-refractivity contribution >= 4 is 55.1 Å². The lowest BCUT2D eigenvalue weighted by Gasteiger charge is -2.14. The van der Waals surface area contributed by atoms with E-state index < -0.39 is 26.5 Å². The van der Waals surface area contributed by atoms with Gasteiger partial charge in [0.25, 0.3) is 5.69 Å². The summed E-state index contributed by atoms with van der Waals surface area (Å²) in [5.41, 5.74) is 0.00628. The number of ether oxygens (including phenoxy) is 1. The van der Waals surface area contributed by atoms with Crippen LogP contribution in [0.4, 0.5) is 11.4 Å². The van der Waals surface area contributed by atoms with E-state index in [1.807, 2.05) is 0 Å². The van der Waals surface area contributed by atoms with Crippen LogP contribution in [0.25, 0.3) is 0 Å². The number of non-ortho nitro benzene ring substituents is 1. The van der Waals surface area contributed by atoms with Crippen LogP contribution in [0.5, 0.6) is 5.75 Å². The highest BCUT2D eigenvalue weighted by Gasteiger charge is 2.30. The predicted molar refractivity (Wildman–Crippen MR) is 81.3 cm³/mol. The molecule has 0 saturated carbocycles. The maximum atomic E-state index is 11.9. The second-order valence-corrected chi connectivity index (χ2v) is 5.75. The average molecular weight is 426 g/mol. The van der Waals surface area contributed by atoms with Gasteiger partial charge in [0.15, 0.2) is 0 Å². The molecule has 2 atom stereocenters. The molecule has 21 heavy (non-hydrogen) atoms. The number of anilines is 1. The van der Waals surface area contributed by atoms with Gasteiger partial charge in [-0.15, -0.1) is 0 Å². The Balaban J connectivity index is 2.95. The third-order valence-corrected chi connectivity index (χ3v) is 4.97. The molecule has 0 aromatic heterocycles. The molecule has 1 aromatic rings. The number of aliphatic carboxylic acids is 1. The standard InChI is InChI=1S/C11H10Br2N2O6/c1-21-7-4-5(15(19)20)2-3-6(7)14-10(16)8(12)9(13)11(17)18/h2-4,8-9H,1H3,(H,14,16)(H,17,18)/t8-,9+/m0/s1. The number of carbonyl (C=O) groups excluding carboxylic acids is 1. The number of amides is 1. The number of carboxylic acids is 1. The zero-order valence-corrected chi connectivity index (χ0v) is 13.8. The molecule has 0 bridgehead atoms. The molecule has 0 aliphatic heterocycles. The smallest absolute Gasteiger partial charge is 0.318 e. The second kappa shape index (κ2) is 7.36. The first-order valence-corrected chi connectivity index (χ1v) is 7.25. The quantitative estimate of drug-likeness (QED) is 0.409. The van der Waals surface area contributed by atoms with Gasteiger partial charge in [-0.2, -0.15) is 0 Å². The summed E-state index contributed by atoms with van der Waals surface area (Å²) >= 11 is 5.82. The number of nitro benzene ring substituents is 1. The average Bonchev–Trinajstić information content (AvgIpc) is 2.45. The van der Waals surface area contributed by atoms with Crippen molar-refractivity contribution in [3.63, 3.8) is 0 Å². The molecule has 0 saturated heterocycles. The number of alkyl halides is 2. The van der Waals surface area contributed by atoms with Crippen LogP contribution in [-0.4, -0.2) is 38.7 Å². The normalized spacial score (nSPS) is 13.1. The fraction of sp³-hybridized carbons (Fsp3) is 0.273. The van der Waals surface area contributed by atoms with Crippen LogP contribution in [0.3, 0.4) is 0 Å². The van der Waals surface area contributed by atoms with Gasteiger partial charge in [-0.1, -0.05) is 31.9 Å². The van der Waals surface area contributed by atoms with Crippen LogP contribution < -0.4 is 10.1 Å². The van der Waals surface area contributed by atoms with Crippen LogP contribution in [0.2, 0.25) is 0 Å². The van der Waals surface area contributed by atoms with Gasteiger partial charge >= 0.3 is 5.97 Å². The van der Waals surface area contributed by atoms with Crippen molar-refractivity contribution < 1.29 is 24.4 Å². The van der Waals surface area contributed by atoms with Crippen LogP contribution in [0.15, 0.2) is 18.2 Å². The summed E-state index contributed by atoms with van der Waals surface area (Å²) in [6, 6.07) is 3.66. The number of rotatable bonds is 6. The van der Waals surface area contributed by atoms with Crippen LogP contribution in [0, 0.1) is 10.1 Å². The number of hydrogen-bond acceptors (Lipinski definition) is 5. The van der Waals surface area contributed by atoms with Gasteiger partial charge < -0.3 is 15.2 Å². The van der Waals surface area contributed by atoms with Gasteiger partial charge in [0.05, 0.1) is 23.8 Å². The number of methoxy groups -OCH3 is 1. The highest BCUT2D eigenvalue weighted by atomic mass is 79.9. The first-order chi connectivity index (χ1) is 9.77. The molecule has 10 heteroatoms. The molecule has 8 nitrogen and oxygen atoms in total. The van der Waals surface area contributed by atoms with Gasteiger partial charge in [0, 0.05) is 6.07 Å². The van der Waals surface area contributed by atoms with E-state index in [0.29, 0.717) is 0 Å². The molecular formula is C11H10Br2N2O6.